The Kier molecular flexibility index (Phi) is 4.74. The number of thiophene rings is 1. The van der Waals surface area contributed by atoms with Crippen molar-refractivity contribution in [3.63, 3.8) is 0 Å². The first-order valence-electron chi connectivity index (χ1n) is 5.17. The molecule has 0 saturated carbocycles. The summed E-state index contributed by atoms with van der Waals surface area (Å²) in [6.07, 6.45) is 0.824. The Hall–Kier alpha value is -0.470. The molecule has 94 valence electrons. The van der Waals surface area contributed by atoms with Crippen LogP contribution < -0.4 is 0 Å². The summed E-state index contributed by atoms with van der Waals surface area (Å²) in [7, 11) is 0. The number of benzene rings is 1. The van der Waals surface area contributed by atoms with Gasteiger partial charge < -0.3 is 0 Å². The minimum atomic E-state index is -0.378. The first-order valence-corrected chi connectivity index (χ1v) is 8.05. The first-order chi connectivity index (χ1) is 8.56. The van der Waals surface area contributed by atoms with Gasteiger partial charge in [0.2, 0.25) is 0 Å². The number of nitro benzene ring substituents is 1. The van der Waals surface area contributed by atoms with Crippen molar-refractivity contribution in [3.05, 3.63) is 59.8 Å². The van der Waals surface area contributed by atoms with E-state index in [0.717, 1.165) is 12.0 Å². The molecule has 0 bridgehead atoms. The molecule has 0 N–H and O–H groups in total. The normalized spacial score (nSPS) is 12.3. The standard InChI is InChI=1S/C12H9BrINO2S/c13-11(9-6-12(14)18-7-9)5-8-1-3-10(4-2-8)15(16)17/h1-4,6-7,11H,5H2. The molecular weight excluding hydrogens is 429 g/mol. The fourth-order valence-electron chi connectivity index (χ4n) is 1.57. The maximum atomic E-state index is 10.6. The zero-order valence-corrected chi connectivity index (χ0v) is 13.7. The lowest BCUT2D eigenvalue weighted by atomic mass is 10.1. The molecule has 1 atom stereocenters. The van der Waals surface area contributed by atoms with E-state index in [9.17, 15) is 10.1 Å². The molecule has 1 unspecified atom stereocenters. The third-order valence-corrected chi connectivity index (χ3v) is 5.17. The van der Waals surface area contributed by atoms with Gasteiger partial charge in [-0.1, -0.05) is 28.1 Å². The van der Waals surface area contributed by atoms with Gasteiger partial charge in [-0.25, -0.2) is 0 Å². The lowest BCUT2D eigenvalue weighted by molar-refractivity contribution is -0.384. The van der Waals surface area contributed by atoms with Gasteiger partial charge in [0, 0.05) is 17.0 Å². The molecule has 0 spiro atoms. The third kappa shape index (κ3) is 3.52. The molecule has 0 amide bonds. The number of alkyl halides is 1. The fraction of sp³-hybridized carbons (Fsp3) is 0.167. The van der Waals surface area contributed by atoms with Crippen molar-refractivity contribution in [3.8, 4) is 0 Å². The molecular formula is C12H9BrINO2S. The zero-order chi connectivity index (χ0) is 13.1. The average Bonchev–Trinajstić information content (AvgIpc) is 2.76. The summed E-state index contributed by atoms with van der Waals surface area (Å²) in [5.74, 6) is 0. The number of hydrogen-bond donors (Lipinski definition) is 0. The number of hydrogen-bond acceptors (Lipinski definition) is 3. The van der Waals surface area contributed by atoms with Crippen LogP contribution in [0.5, 0.6) is 0 Å². The second-order valence-corrected chi connectivity index (χ2v) is 7.69. The summed E-state index contributed by atoms with van der Waals surface area (Å²) in [6.45, 7) is 0. The summed E-state index contributed by atoms with van der Waals surface area (Å²) >= 11 is 7.67. The maximum absolute atomic E-state index is 10.6. The lowest BCUT2D eigenvalue weighted by Gasteiger charge is -2.07. The summed E-state index contributed by atoms with van der Waals surface area (Å²) in [6, 6.07) is 8.86. The third-order valence-electron chi connectivity index (χ3n) is 2.51. The van der Waals surface area contributed by atoms with E-state index in [1.807, 2.05) is 12.1 Å². The Morgan fingerprint density at radius 3 is 2.56 bits per heavy atom. The van der Waals surface area contributed by atoms with Crippen molar-refractivity contribution < 1.29 is 4.92 Å². The summed E-state index contributed by atoms with van der Waals surface area (Å²) in [5.41, 5.74) is 2.47. The molecule has 0 aliphatic carbocycles. The van der Waals surface area contributed by atoms with E-state index in [1.54, 1.807) is 23.5 Å². The van der Waals surface area contributed by atoms with Crippen LogP contribution in [-0.4, -0.2) is 4.92 Å². The number of nitro groups is 1. The van der Waals surface area contributed by atoms with E-state index in [-0.39, 0.29) is 15.4 Å². The molecule has 2 aromatic rings. The highest BCUT2D eigenvalue weighted by molar-refractivity contribution is 14.1. The van der Waals surface area contributed by atoms with Crippen LogP contribution in [0, 0.1) is 13.0 Å². The quantitative estimate of drug-likeness (QED) is 0.294. The van der Waals surface area contributed by atoms with Crippen molar-refractivity contribution in [2.45, 2.75) is 11.2 Å². The van der Waals surface area contributed by atoms with Crippen LogP contribution in [0.3, 0.4) is 0 Å². The van der Waals surface area contributed by atoms with Gasteiger partial charge in [-0.3, -0.25) is 10.1 Å². The predicted molar refractivity (Wildman–Crippen MR) is 85.5 cm³/mol. The van der Waals surface area contributed by atoms with Gasteiger partial charge in [0.1, 0.15) is 0 Å². The van der Waals surface area contributed by atoms with Crippen LogP contribution in [0.4, 0.5) is 5.69 Å². The van der Waals surface area contributed by atoms with E-state index in [0.29, 0.717) is 0 Å². The van der Waals surface area contributed by atoms with Gasteiger partial charge in [0.25, 0.3) is 5.69 Å². The number of halogens is 2. The van der Waals surface area contributed by atoms with Crippen LogP contribution >= 0.6 is 49.9 Å². The molecule has 3 nitrogen and oxygen atoms in total. The molecule has 18 heavy (non-hydrogen) atoms. The van der Waals surface area contributed by atoms with E-state index >= 15 is 0 Å². The molecule has 0 fully saturated rings. The Labute approximate surface area is 131 Å². The molecule has 6 heteroatoms. The smallest absolute Gasteiger partial charge is 0.258 e. The van der Waals surface area contributed by atoms with Crippen LogP contribution in [0.15, 0.2) is 35.7 Å². The van der Waals surface area contributed by atoms with Gasteiger partial charge in [-0.05, 0) is 51.6 Å². The van der Waals surface area contributed by atoms with E-state index in [1.165, 1.54) is 8.45 Å². The van der Waals surface area contributed by atoms with E-state index in [2.05, 4.69) is 50.0 Å². The van der Waals surface area contributed by atoms with Gasteiger partial charge >= 0.3 is 0 Å². The molecule has 2 rings (SSSR count). The number of non-ortho nitro benzene ring substituents is 1. The summed E-state index contributed by atoms with van der Waals surface area (Å²) < 4.78 is 1.26. The highest BCUT2D eigenvalue weighted by Crippen LogP contribution is 2.31. The van der Waals surface area contributed by atoms with E-state index < -0.39 is 0 Å². The monoisotopic (exact) mass is 437 g/mol. The molecule has 0 aliphatic heterocycles. The Balaban J connectivity index is 2.07. The second kappa shape index (κ2) is 6.12. The van der Waals surface area contributed by atoms with Gasteiger partial charge in [-0.2, -0.15) is 0 Å². The SMILES string of the molecule is O=[N+]([O-])c1ccc(CC(Br)c2csc(I)c2)cc1. The van der Waals surface area contributed by atoms with Crippen LogP contribution in [0.25, 0.3) is 0 Å². The minimum Gasteiger partial charge on any atom is -0.258 e. The Morgan fingerprint density at radius 2 is 2.06 bits per heavy atom. The molecule has 0 aliphatic rings. The zero-order valence-electron chi connectivity index (χ0n) is 9.18. The van der Waals surface area contributed by atoms with Crippen molar-refractivity contribution in [2.75, 3.05) is 0 Å². The highest BCUT2D eigenvalue weighted by atomic mass is 127. The molecule has 1 heterocycles. The summed E-state index contributed by atoms with van der Waals surface area (Å²) in [5, 5.41) is 12.7. The van der Waals surface area contributed by atoms with Crippen molar-refractivity contribution >= 4 is 55.5 Å². The molecule has 1 aromatic heterocycles. The topological polar surface area (TPSA) is 43.1 Å². The molecule has 0 radical (unpaired) electrons. The number of nitrogens with zero attached hydrogens (tertiary/aromatic N) is 1. The van der Waals surface area contributed by atoms with Gasteiger partial charge in [0.15, 0.2) is 0 Å². The largest absolute Gasteiger partial charge is 0.269 e. The van der Waals surface area contributed by atoms with Gasteiger partial charge in [0.05, 0.1) is 7.81 Å². The maximum Gasteiger partial charge on any atom is 0.269 e. The van der Waals surface area contributed by atoms with Gasteiger partial charge in [-0.15, -0.1) is 11.3 Å². The van der Waals surface area contributed by atoms with Crippen molar-refractivity contribution in [2.24, 2.45) is 0 Å². The Morgan fingerprint density at radius 1 is 1.39 bits per heavy atom. The average molecular weight is 438 g/mol. The molecule has 1 aromatic carbocycles. The van der Waals surface area contributed by atoms with Crippen molar-refractivity contribution in [1.29, 1.82) is 0 Å². The predicted octanol–water partition coefficient (Wildman–Crippen LogP) is 4.94. The van der Waals surface area contributed by atoms with Crippen molar-refractivity contribution in [1.82, 2.24) is 0 Å². The molecule has 0 saturated heterocycles. The summed E-state index contributed by atoms with van der Waals surface area (Å²) in [4.78, 5) is 10.4. The van der Waals surface area contributed by atoms with Crippen LogP contribution in [-0.2, 0) is 6.42 Å². The van der Waals surface area contributed by atoms with E-state index in [4.69, 9.17) is 0 Å². The lowest BCUT2D eigenvalue weighted by Crippen LogP contribution is -1.94. The Bertz CT molecular complexity index is 555. The minimum absolute atomic E-state index is 0.134. The number of rotatable bonds is 4. The fourth-order valence-corrected chi connectivity index (χ4v) is 3.81. The van der Waals surface area contributed by atoms with Crippen LogP contribution in [0.2, 0.25) is 0 Å². The highest BCUT2D eigenvalue weighted by Gasteiger charge is 2.11. The first kappa shape index (κ1) is 14.0. The second-order valence-electron chi connectivity index (χ2n) is 3.78. The van der Waals surface area contributed by atoms with Crippen LogP contribution in [0.1, 0.15) is 16.0 Å².